The lowest BCUT2D eigenvalue weighted by atomic mass is 9.37. The zero-order valence-electron chi connectivity index (χ0n) is 36.5. The van der Waals surface area contributed by atoms with Crippen molar-refractivity contribution in [3.63, 3.8) is 0 Å². The van der Waals surface area contributed by atoms with Crippen LogP contribution in [0.15, 0.2) is 53.8 Å². The van der Waals surface area contributed by atoms with Gasteiger partial charge in [-0.05, 0) is 159 Å². The Morgan fingerprint density at radius 3 is 2.42 bits per heavy atom. The molecule has 1 aromatic rings. The van der Waals surface area contributed by atoms with Crippen LogP contribution in [0.3, 0.4) is 0 Å². The van der Waals surface area contributed by atoms with E-state index < -0.39 is 21.2 Å². The molecule has 1 aliphatic heterocycles. The Morgan fingerprint density at radius 1 is 1.00 bits per heavy atom. The second-order valence-corrected chi connectivity index (χ2v) is 23.6. The van der Waals surface area contributed by atoms with Crippen molar-refractivity contribution in [2.75, 3.05) is 44.3 Å². The number of pyridine rings is 1. The molecular weight excluding hydrogens is 757 g/mol. The van der Waals surface area contributed by atoms with Crippen LogP contribution < -0.4 is 10.1 Å². The van der Waals surface area contributed by atoms with Gasteiger partial charge in [0.15, 0.2) is 15.5 Å². The zero-order chi connectivity index (χ0) is 42.0. The number of rotatable bonds is 11. The predicted molar refractivity (Wildman–Crippen MR) is 234 cm³/mol. The summed E-state index contributed by atoms with van der Waals surface area (Å²) < 4.78 is 30.0. The lowest BCUT2D eigenvalue weighted by molar-refractivity contribution is -0.170. The third-order valence-corrected chi connectivity index (χ3v) is 19.9. The van der Waals surface area contributed by atoms with Crippen LogP contribution in [0.5, 0.6) is 5.88 Å². The van der Waals surface area contributed by atoms with Crippen LogP contribution in [-0.4, -0.2) is 79.2 Å². The molecule has 9 nitrogen and oxygen atoms in total. The molecule has 59 heavy (non-hydrogen) atoms. The number of allylic oxidation sites excluding steroid dienone is 5. The van der Waals surface area contributed by atoms with E-state index in [0.29, 0.717) is 90.4 Å². The molecule has 0 spiro atoms. The van der Waals surface area contributed by atoms with E-state index in [-0.39, 0.29) is 23.0 Å². The van der Waals surface area contributed by atoms with Crippen molar-refractivity contribution < 1.29 is 23.1 Å². The van der Waals surface area contributed by atoms with E-state index in [4.69, 9.17) is 11.3 Å². The van der Waals surface area contributed by atoms with Crippen molar-refractivity contribution in [1.82, 2.24) is 15.2 Å². The summed E-state index contributed by atoms with van der Waals surface area (Å²) in [4.78, 5) is 22.8. The van der Waals surface area contributed by atoms with Crippen molar-refractivity contribution in [1.29, 1.82) is 0 Å². The molecule has 10 heteroatoms. The van der Waals surface area contributed by atoms with Crippen molar-refractivity contribution in [2.45, 2.75) is 124 Å². The summed E-state index contributed by atoms with van der Waals surface area (Å²) in [6.07, 6.45) is 19.9. The molecule has 1 saturated heterocycles. The van der Waals surface area contributed by atoms with E-state index in [0.717, 1.165) is 31.8 Å². The molecule has 5 fully saturated rings. The minimum atomic E-state index is -2.87. The molecule has 2 unspecified atom stereocenters. The van der Waals surface area contributed by atoms with Crippen molar-refractivity contribution in [3.8, 4) is 5.88 Å². The van der Waals surface area contributed by atoms with Crippen LogP contribution >= 0.6 is 0 Å². The van der Waals surface area contributed by atoms with Crippen LogP contribution in [0.25, 0.3) is 4.85 Å². The van der Waals surface area contributed by atoms with E-state index in [9.17, 15) is 18.3 Å². The highest BCUT2D eigenvalue weighted by Crippen LogP contribution is 2.72. The number of sulfone groups is 1. The molecule has 6 aliphatic carbocycles. The molecule has 4 saturated carbocycles. The molecule has 2 N–H and O–H groups in total. The lowest BCUT2D eigenvalue weighted by Crippen LogP contribution is -2.65. The number of carboxylic acids is 1. The third kappa shape index (κ3) is 7.45. The summed E-state index contributed by atoms with van der Waals surface area (Å²) >= 11 is 0. The van der Waals surface area contributed by atoms with Gasteiger partial charge in [-0.15, -0.1) is 0 Å². The van der Waals surface area contributed by atoms with Crippen LogP contribution in [-0.2, 0) is 14.6 Å². The number of carbonyl (C=O) groups is 1. The van der Waals surface area contributed by atoms with Gasteiger partial charge in [-0.1, -0.05) is 52.0 Å². The number of carboxylic acid groups (broad SMARTS) is 1. The summed E-state index contributed by atoms with van der Waals surface area (Å²) in [7, 11) is -2.87. The third-order valence-electron chi connectivity index (χ3n) is 18.3. The van der Waals surface area contributed by atoms with Crippen molar-refractivity contribution >= 4 is 21.5 Å². The SMILES string of the molecule is [C-]#[N+]c1ccnc(OCCC2(C(=O)O)CC=C(C3=CC[C@]4(C)[C@H]5CC[C@@H]6[C@H]7[C@H](C(=C)C)CC[C@]7(NCCN7CCS(=O)(=O)CC7)CC[C@@]6(C)C5CC[C@H]4C3(C)C)CC2)c1. The number of aromatic nitrogens is 1. The smallest absolute Gasteiger partial charge is 0.310 e. The van der Waals surface area contributed by atoms with Gasteiger partial charge in [0.1, 0.15) is 0 Å². The molecule has 2 heterocycles. The maximum absolute atomic E-state index is 12.8. The first-order chi connectivity index (χ1) is 28.0. The van der Waals surface area contributed by atoms with E-state index in [1.165, 1.54) is 68.1 Å². The molecule has 7 aliphatic rings. The fourth-order valence-corrected chi connectivity index (χ4v) is 16.4. The summed E-state index contributed by atoms with van der Waals surface area (Å²) in [6.45, 7) is 27.9. The van der Waals surface area contributed by atoms with Gasteiger partial charge in [0, 0.05) is 44.0 Å². The van der Waals surface area contributed by atoms with Crippen molar-refractivity contribution in [3.05, 3.63) is 65.2 Å². The fraction of sp³-hybridized carbons (Fsp3) is 0.735. The monoisotopic (exact) mass is 827 g/mol. The Bertz CT molecular complexity index is 2020. The van der Waals surface area contributed by atoms with Crippen molar-refractivity contribution in [2.24, 2.45) is 57.2 Å². The minimum Gasteiger partial charge on any atom is -0.481 e. The van der Waals surface area contributed by atoms with Gasteiger partial charge in [-0.3, -0.25) is 4.79 Å². The number of nitrogens with one attached hydrogen (secondary N) is 1. The van der Waals surface area contributed by atoms with E-state index in [2.05, 4.69) is 73.4 Å². The highest BCUT2D eigenvalue weighted by atomic mass is 32.2. The van der Waals surface area contributed by atoms with Gasteiger partial charge in [-0.25, -0.2) is 18.2 Å². The van der Waals surface area contributed by atoms with Gasteiger partial charge >= 0.3 is 5.97 Å². The zero-order valence-corrected chi connectivity index (χ0v) is 37.3. The van der Waals surface area contributed by atoms with Gasteiger partial charge < -0.3 is 20.1 Å². The molecular formula is C49H70N4O5S. The number of nitrogens with zero attached hydrogens (tertiary/aromatic N) is 3. The van der Waals surface area contributed by atoms with Gasteiger partial charge in [0.25, 0.3) is 0 Å². The first-order valence-corrected chi connectivity index (χ1v) is 24.7. The Kier molecular flexibility index (Phi) is 11.4. The Morgan fingerprint density at radius 2 is 1.73 bits per heavy atom. The Labute approximate surface area is 354 Å². The van der Waals surface area contributed by atoms with Gasteiger partial charge in [0.05, 0.1) is 30.1 Å². The summed E-state index contributed by atoms with van der Waals surface area (Å²) in [6, 6.07) is 3.25. The standard InChI is InChI=1S/C49H70N4O5S/c1-33(2)36-14-20-49(52-25-26-53-27-30-59(56,57)31-28-53)22-21-46(5)38-10-11-41-45(3,4)37(15-17-47(41,6)39(38)8-9-40(46)43(36)49)34-12-18-48(19-13-34,44(54)55)23-29-58-42-32-35(50-7)16-24-51-42/h12,15-16,24,32,36,38-41,43,52H,1,8-11,13-14,17-23,25-31H2,2-6H3,(H,54,55)/t36-,38?,39-,40+,41-,43+,46-,47+,48?,49-/m0/s1. The second kappa shape index (κ2) is 15.7. The van der Waals surface area contributed by atoms with Gasteiger partial charge in [-0.2, -0.15) is 0 Å². The number of hydrogen-bond acceptors (Lipinski definition) is 7. The first-order valence-electron chi connectivity index (χ1n) is 22.9. The van der Waals surface area contributed by atoms with Gasteiger partial charge in [0.2, 0.25) is 5.88 Å². The topological polar surface area (TPSA) is 113 Å². The average molecular weight is 827 g/mol. The van der Waals surface area contributed by atoms with Crippen LogP contribution in [0.1, 0.15) is 118 Å². The maximum atomic E-state index is 12.8. The fourth-order valence-electron chi connectivity index (χ4n) is 15.1. The lowest BCUT2D eigenvalue weighted by Gasteiger charge is -2.68. The normalized spacial score (nSPS) is 39.9. The number of fused-ring (bicyclic) bond motifs is 7. The summed E-state index contributed by atoms with van der Waals surface area (Å²) in [5.74, 6) is 4.05. The predicted octanol–water partition coefficient (Wildman–Crippen LogP) is 9.46. The largest absolute Gasteiger partial charge is 0.481 e. The summed E-state index contributed by atoms with van der Waals surface area (Å²) in [5, 5.41) is 14.7. The average Bonchev–Trinajstić information content (AvgIpc) is 3.59. The van der Waals surface area contributed by atoms with E-state index >= 15 is 0 Å². The number of ether oxygens (including phenoxy) is 1. The molecule has 0 bridgehead atoms. The highest BCUT2D eigenvalue weighted by molar-refractivity contribution is 7.91. The molecule has 1 aromatic heterocycles. The van der Waals surface area contributed by atoms with Crippen LogP contribution in [0.2, 0.25) is 0 Å². The molecule has 10 atom stereocenters. The molecule has 0 radical (unpaired) electrons. The Hall–Kier alpha value is -3.00. The molecule has 0 aromatic carbocycles. The maximum Gasteiger partial charge on any atom is 0.310 e. The minimum absolute atomic E-state index is 0.00810. The van der Waals surface area contributed by atoms with Crippen LogP contribution in [0.4, 0.5) is 5.69 Å². The number of hydrogen-bond donors (Lipinski definition) is 2. The van der Waals surface area contributed by atoms with E-state index in [1.807, 2.05) is 0 Å². The molecule has 322 valence electrons. The summed E-state index contributed by atoms with van der Waals surface area (Å²) in [5.41, 5.74) is 4.47. The molecule has 8 rings (SSSR count). The highest BCUT2D eigenvalue weighted by Gasteiger charge is 2.66. The Balaban J connectivity index is 0.966. The van der Waals surface area contributed by atoms with Crippen LogP contribution in [0, 0.1) is 63.7 Å². The molecule has 0 amide bonds. The van der Waals surface area contributed by atoms with E-state index in [1.54, 1.807) is 18.3 Å². The quantitative estimate of drug-likeness (QED) is 0.168. The second-order valence-electron chi connectivity index (χ2n) is 21.3. The number of aliphatic carboxylic acids is 1. The first kappa shape index (κ1) is 42.7.